The lowest BCUT2D eigenvalue weighted by Crippen LogP contribution is -2.50. The molecule has 1 aromatic carbocycles. The zero-order valence-electron chi connectivity index (χ0n) is 14.8. The third kappa shape index (κ3) is 4.28. The van der Waals surface area contributed by atoms with Crippen molar-refractivity contribution in [2.24, 2.45) is 0 Å². The van der Waals surface area contributed by atoms with Crippen LogP contribution in [0.1, 0.15) is 27.6 Å². The van der Waals surface area contributed by atoms with E-state index in [0.717, 1.165) is 0 Å². The number of anilines is 1. The number of nitrogens with one attached hydrogen (secondary N) is 1. The number of amides is 3. The molecule has 1 aliphatic heterocycles. The number of hydrogen-bond donors (Lipinski definition) is 1. The molecule has 1 aliphatic rings. The van der Waals surface area contributed by atoms with Gasteiger partial charge in [0.25, 0.3) is 11.8 Å². The largest absolute Gasteiger partial charge is 0.339 e. The summed E-state index contributed by atoms with van der Waals surface area (Å²) in [5.41, 5.74) is 0.485. The van der Waals surface area contributed by atoms with Gasteiger partial charge in [0.15, 0.2) is 0 Å². The van der Waals surface area contributed by atoms with Crippen molar-refractivity contribution >= 4 is 23.4 Å². The van der Waals surface area contributed by atoms with E-state index in [0.29, 0.717) is 26.2 Å². The number of carbonyl (C=O) groups is 3. The van der Waals surface area contributed by atoms with E-state index in [1.165, 1.54) is 43.6 Å². The molecule has 1 aromatic heterocycles. The zero-order valence-corrected chi connectivity index (χ0v) is 14.8. The average molecular weight is 370 g/mol. The van der Waals surface area contributed by atoms with Gasteiger partial charge in [0, 0.05) is 45.5 Å². The number of piperazine rings is 1. The molecule has 7 nitrogen and oxygen atoms in total. The Hall–Kier alpha value is -3.29. The third-order valence-electron chi connectivity index (χ3n) is 4.38. The Balaban J connectivity index is 1.70. The zero-order chi connectivity index (χ0) is 19.4. The second-order valence-corrected chi connectivity index (χ2v) is 6.19. The van der Waals surface area contributed by atoms with Gasteiger partial charge in [-0.2, -0.15) is 0 Å². The maximum Gasteiger partial charge on any atom is 0.257 e. The van der Waals surface area contributed by atoms with E-state index < -0.39 is 11.7 Å². The van der Waals surface area contributed by atoms with Gasteiger partial charge in [-0.15, -0.1) is 0 Å². The topological polar surface area (TPSA) is 82.6 Å². The van der Waals surface area contributed by atoms with E-state index in [1.54, 1.807) is 15.9 Å². The van der Waals surface area contributed by atoms with Gasteiger partial charge in [-0.1, -0.05) is 12.1 Å². The first-order chi connectivity index (χ1) is 13.0. The smallest absolute Gasteiger partial charge is 0.257 e. The van der Waals surface area contributed by atoms with E-state index in [4.69, 9.17) is 0 Å². The van der Waals surface area contributed by atoms with Gasteiger partial charge in [-0.25, -0.2) is 4.39 Å². The monoisotopic (exact) mass is 370 g/mol. The second kappa shape index (κ2) is 7.94. The maximum absolute atomic E-state index is 13.7. The third-order valence-corrected chi connectivity index (χ3v) is 4.38. The van der Waals surface area contributed by atoms with Gasteiger partial charge in [-0.3, -0.25) is 19.4 Å². The van der Waals surface area contributed by atoms with Crippen molar-refractivity contribution in [1.29, 1.82) is 0 Å². The maximum atomic E-state index is 13.7. The van der Waals surface area contributed by atoms with Crippen LogP contribution < -0.4 is 5.32 Å². The highest BCUT2D eigenvalue weighted by Gasteiger charge is 2.24. The van der Waals surface area contributed by atoms with E-state index in [-0.39, 0.29) is 28.6 Å². The summed E-state index contributed by atoms with van der Waals surface area (Å²) in [5.74, 6) is -1.38. The van der Waals surface area contributed by atoms with Crippen molar-refractivity contribution < 1.29 is 18.8 Å². The molecule has 0 unspecified atom stereocenters. The Morgan fingerprint density at radius 1 is 1.00 bits per heavy atom. The molecule has 1 saturated heterocycles. The fourth-order valence-corrected chi connectivity index (χ4v) is 2.85. The Labute approximate surface area is 155 Å². The number of rotatable bonds is 3. The number of pyridine rings is 1. The van der Waals surface area contributed by atoms with Gasteiger partial charge < -0.3 is 15.1 Å². The molecule has 27 heavy (non-hydrogen) atoms. The Kier molecular flexibility index (Phi) is 5.44. The summed E-state index contributed by atoms with van der Waals surface area (Å²) in [7, 11) is 0. The first kappa shape index (κ1) is 18.5. The molecule has 2 heterocycles. The first-order valence-corrected chi connectivity index (χ1v) is 8.51. The number of para-hydroxylation sites is 1. The highest BCUT2D eigenvalue weighted by molar-refractivity contribution is 6.05. The fraction of sp³-hybridized carbons (Fsp3) is 0.263. The van der Waals surface area contributed by atoms with Crippen molar-refractivity contribution in [3.8, 4) is 0 Å². The first-order valence-electron chi connectivity index (χ1n) is 8.51. The second-order valence-electron chi connectivity index (χ2n) is 6.19. The summed E-state index contributed by atoms with van der Waals surface area (Å²) in [5, 5.41) is 2.47. The standard InChI is InChI=1S/C19H19FN4O3/c1-13(25)23-6-8-24(9-7-23)19(27)15-10-14(11-21-12-15)18(26)22-17-5-3-2-4-16(17)20/h2-5,10-12H,6-9H2,1H3,(H,22,26). The summed E-state index contributed by atoms with van der Waals surface area (Å²) in [6.07, 6.45) is 2.71. The van der Waals surface area contributed by atoms with E-state index in [2.05, 4.69) is 10.3 Å². The van der Waals surface area contributed by atoms with Crippen LogP contribution in [0.5, 0.6) is 0 Å². The molecule has 0 bridgehead atoms. The molecule has 3 amide bonds. The predicted octanol–water partition coefficient (Wildman–Crippen LogP) is 1.78. The Morgan fingerprint density at radius 3 is 2.30 bits per heavy atom. The molecule has 0 spiro atoms. The average Bonchev–Trinajstić information content (AvgIpc) is 2.69. The van der Waals surface area contributed by atoms with Crippen LogP contribution in [0.3, 0.4) is 0 Å². The van der Waals surface area contributed by atoms with Crippen LogP contribution in [0.25, 0.3) is 0 Å². The van der Waals surface area contributed by atoms with Crippen LogP contribution in [0, 0.1) is 5.82 Å². The lowest BCUT2D eigenvalue weighted by molar-refractivity contribution is -0.130. The molecule has 0 saturated carbocycles. The number of carbonyl (C=O) groups excluding carboxylic acids is 3. The highest BCUT2D eigenvalue weighted by atomic mass is 19.1. The van der Waals surface area contributed by atoms with Crippen molar-refractivity contribution in [3.05, 3.63) is 59.7 Å². The minimum absolute atomic E-state index is 0.0180. The molecule has 1 N–H and O–H groups in total. The molecule has 0 atom stereocenters. The number of benzene rings is 1. The molecular formula is C19H19FN4O3. The SMILES string of the molecule is CC(=O)N1CCN(C(=O)c2cncc(C(=O)Nc3ccccc3F)c2)CC1. The van der Waals surface area contributed by atoms with Gasteiger partial charge in [0.05, 0.1) is 16.8 Å². The quantitative estimate of drug-likeness (QED) is 0.893. The van der Waals surface area contributed by atoms with Crippen molar-refractivity contribution in [2.75, 3.05) is 31.5 Å². The minimum Gasteiger partial charge on any atom is -0.339 e. The van der Waals surface area contributed by atoms with Crippen LogP contribution in [-0.2, 0) is 4.79 Å². The van der Waals surface area contributed by atoms with Crippen LogP contribution >= 0.6 is 0 Å². The van der Waals surface area contributed by atoms with Crippen molar-refractivity contribution in [3.63, 3.8) is 0 Å². The van der Waals surface area contributed by atoms with Crippen LogP contribution in [0.2, 0.25) is 0 Å². The summed E-state index contributed by atoms with van der Waals surface area (Å²) in [4.78, 5) is 43.6. The molecule has 1 fully saturated rings. The molecule has 0 radical (unpaired) electrons. The van der Waals surface area contributed by atoms with E-state index >= 15 is 0 Å². The predicted molar refractivity (Wildman–Crippen MR) is 96.7 cm³/mol. The normalized spacial score (nSPS) is 14.0. The molecule has 2 aromatic rings. The highest BCUT2D eigenvalue weighted by Crippen LogP contribution is 2.15. The van der Waals surface area contributed by atoms with Crippen LogP contribution in [0.4, 0.5) is 10.1 Å². The van der Waals surface area contributed by atoms with Gasteiger partial charge in [0.2, 0.25) is 5.91 Å². The number of aromatic nitrogens is 1. The van der Waals surface area contributed by atoms with E-state index in [9.17, 15) is 18.8 Å². The van der Waals surface area contributed by atoms with Gasteiger partial charge >= 0.3 is 0 Å². The lowest BCUT2D eigenvalue weighted by Gasteiger charge is -2.34. The molecule has 140 valence electrons. The summed E-state index contributed by atoms with van der Waals surface area (Å²) < 4.78 is 13.7. The van der Waals surface area contributed by atoms with Gasteiger partial charge in [0.1, 0.15) is 5.82 Å². The van der Waals surface area contributed by atoms with Crippen LogP contribution in [-0.4, -0.2) is 58.7 Å². The summed E-state index contributed by atoms with van der Waals surface area (Å²) in [6.45, 7) is 3.29. The summed E-state index contributed by atoms with van der Waals surface area (Å²) in [6, 6.07) is 7.26. The number of hydrogen-bond acceptors (Lipinski definition) is 4. The number of halogens is 1. The fourth-order valence-electron chi connectivity index (χ4n) is 2.85. The molecule has 3 rings (SSSR count). The molecular weight excluding hydrogens is 351 g/mol. The lowest BCUT2D eigenvalue weighted by atomic mass is 10.1. The molecule has 0 aliphatic carbocycles. The summed E-state index contributed by atoms with van der Waals surface area (Å²) >= 11 is 0. The number of nitrogens with zero attached hydrogens (tertiary/aromatic N) is 3. The Morgan fingerprint density at radius 2 is 1.63 bits per heavy atom. The van der Waals surface area contributed by atoms with Crippen molar-refractivity contribution in [1.82, 2.24) is 14.8 Å². The Bertz CT molecular complexity index is 879. The van der Waals surface area contributed by atoms with Gasteiger partial charge in [-0.05, 0) is 18.2 Å². The van der Waals surface area contributed by atoms with E-state index in [1.807, 2.05) is 0 Å². The minimum atomic E-state index is -0.552. The molecule has 8 heteroatoms. The van der Waals surface area contributed by atoms with Crippen molar-refractivity contribution in [2.45, 2.75) is 6.92 Å². The van der Waals surface area contributed by atoms with Crippen LogP contribution in [0.15, 0.2) is 42.7 Å².